The SMILES string of the molecule is CC(N[S@+]([O-])C(C)(C)C)c1ccc(OCCC(F)(F)F)nc1. The first-order valence-corrected chi connectivity index (χ1v) is 7.97. The number of aromatic nitrogens is 1. The molecule has 0 saturated heterocycles. The van der Waals surface area contributed by atoms with E-state index >= 15 is 0 Å². The molecule has 126 valence electrons. The molecule has 1 aromatic heterocycles. The van der Waals surface area contributed by atoms with Gasteiger partial charge in [0, 0.05) is 23.6 Å². The number of nitrogens with zero attached hydrogens (tertiary/aromatic N) is 1. The van der Waals surface area contributed by atoms with E-state index in [-0.39, 0.29) is 16.7 Å². The highest BCUT2D eigenvalue weighted by atomic mass is 32.2. The van der Waals surface area contributed by atoms with Crippen LogP contribution >= 0.6 is 0 Å². The molecule has 0 aliphatic rings. The maximum absolute atomic E-state index is 12.0. The quantitative estimate of drug-likeness (QED) is 0.806. The molecule has 0 fully saturated rings. The Labute approximate surface area is 131 Å². The van der Waals surface area contributed by atoms with Crippen molar-refractivity contribution in [2.24, 2.45) is 0 Å². The van der Waals surface area contributed by atoms with Crippen LogP contribution in [0.5, 0.6) is 5.88 Å². The van der Waals surface area contributed by atoms with E-state index in [0.717, 1.165) is 5.56 Å². The van der Waals surface area contributed by atoms with E-state index in [0.29, 0.717) is 0 Å². The Hall–Kier alpha value is -0.990. The lowest BCUT2D eigenvalue weighted by Crippen LogP contribution is -2.40. The third-order valence-corrected chi connectivity index (χ3v) is 4.41. The molecule has 0 aliphatic carbocycles. The van der Waals surface area contributed by atoms with E-state index < -0.39 is 30.6 Å². The van der Waals surface area contributed by atoms with Crippen LogP contribution in [0.3, 0.4) is 0 Å². The Morgan fingerprint density at radius 1 is 1.32 bits per heavy atom. The van der Waals surface area contributed by atoms with Gasteiger partial charge in [-0.1, -0.05) is 6.07 Å². The van der Waals surface area contributed by atoms with Gasteiger partial charge in [-0.3, -0.25) is 0 Å². The van der Waals surface area contributed by atoms with E-state index in [4.69, 9.17) is 4.74 Å². The second-order valence-corrected chi connectivity index (χ2v) is 7.86. The van der Waals surface area contributed by atoms with Crippen LogP contribution in [0.25, 0.3) is 0 Å². The topological polar surface area (TPSA) is 57.2 Å². The molecule has 1 unspecified atom stereocenters. The highest BCUT2D eigenvalue weighted by Gasteiger charge is 2.28. The molecule has 0 aliphatic heterocycles. The lowest BCUT2D eigenvalue weighted by molar-refractivity contribution is -0.139. The van der Waals surface area contributed by atoms with Crippen molar-refractivity contribution in [1.29, 1.82) is 0 Å². The molecule has 0 spiro atoms. The molecule has 0 saturated carbocycles. The fourth-order valence-electron chi connectivity index (χ4n) is 1.41. The summed E-state index contributed by atoms with van der Waals surface area (Å²) in [5, 5.41) is 0. The number of nitrogens with one attached hydrogen (secondary N) is 1. The highest BCUT2D eigenvalue weighted by molar-refractivity contribution is 7.90. The summed E-state index contributed by atoms with van der Waals surface area (Å²) in [7, 11) is 0. The summed E-state index contributed by atoms with van der Waals surface area (Å²) in [6.45, 7) is 6.96. The lowest BCUT2D eigenvalue weighted by atomic mass is 10.2. The first-order chi connectivity index (χ1) is 9.99. The Morgan fingerprint density at radius 3 is 2.41 bits per heavy atom. The van der Waals surface area contributed by atoms with Crippen LogP contribution < -0.4 is 9.46 Å². The third kappa shape index (κ3) is 6.85. The number of hydrogen-bond acceptors (Lipinski definition) is 4. The van der Waals surface area contributed by atoms with Gasteiger partial charge >= 0.3 is 6.18 Å². The van der Waals surface area contributed by atoms with E-state index in [2.05, 4.69) is 9.71 Å². The van der Waals surface area contributed by atoms with Crippen molar-refractivity contribution in [1.82, 2.24) is 9.71 Å². The van der Waals surface area contributed by atoms with Crippen LogP contribution in [0.2, 0.25) is 0 Å². The first-order valence-electron chi connectivity index (χ1n) is 6.82. The Bertz CT molecular complexity index is 461. The average molecular weight is 338 g/mol. The van der Waals surface area contributed by atoms with Crippen LogP contribution in [0.15, 0.2) is 18.3 Å². The monoisotopic (exact) mass is 338 g/mol. The van der Waals surface area contributed by atoms with E-state index in [1.807, 2.05) is 27.7 Å². The molecule has 0 bridgehead atoms. The Balaban J connectivity index is 2.54. The lowest BCUT2D eigenvalue weighted by Gasteiger charge is -2.26. The van der Waals surface area contributed by atoms with Gasteiger partial charge in [-0.25, -0.2) is 4.98 Å². The molecule has 22 heavy (non-hydrogen) atoms. The molecule has 0 radical (unpaired) electrons. The molecule has 2 atom stereocenters. The van der Waals surface area contributed by atoms with Gasteiger partial charge in [0.05, 0.1) is 19.1 Å². The maximum Gasteiger partial charge on any atom is 0.392 e. The van der Waals surface area contributed by atoms with E-state index in [9.17, 15) is 17.7 Å². The van der Waals surface area contributed by atoms with E-state index in [1.54, 1.807) is 6.07 Å². The average Bonchev–Trinajstić information content (AvgIpc) is 2.36. The minimum Gasteiger partial charge on any atom is -0.598 e. The summed E-state index contributed by atoms with van der Waals surface area (Å²) < 4.78 is 55.5. The number of halogens is 3. The Kier molecular flexibility index (Phi) is 6.51. The molecule has 1 aromatic rings. The fourth-order valence-corrected chi connectivity index (χ4v) is 2.22. The standard InChI is InChI=1S/C14H21F3N2O2S/c1-10(19-22(20)13(2,3)4)11-5-6-12(18-9-11)21-8-7-14(15,16)17/h5-6,9-10,19H,7-8H2,1-4H3/t10?,22-/m1/s1. The largest absolute Gasteiger partial charge is 0.598 e. The van der Waals surface area contributed by atoms with Crippen LogP contribution in [0, 0.1) is 0 Å². The molecular formula is C14H21F3N2O2S. The van der Waals surface area contributed by atoms with Crippen molar-refractivity contribution in [2.75, 3.05) is 6.61 Å². The number of alkyl halides is 3. The van der Waals surface area contributed by atoms with E-state index in [1.165, 1.54) is 12.3 Å². The first kappa shape index (κ1) is 19.1. The van der Waals surface area contributed by atoms with Crippen molar-refractivity contribution < 1.29 is 22.5 Å². The zero-order valence-electron chi connectivity index (χ0n) is 13.0. The van der Waals surface area contributed by atoms with Crippen LogP contribution in [-0.2, 0) is 11.4 Å². The van der Waals surface area contributed by atoms with Gasteiger partial charge < -0.3 is 9.29 Å². The van der Waals surface area contributed by atoms with Crippen molar-refractivity contribution in [2.45, 2.75) is 51.1 Å². The fraction of sp³-hybridized carbons (Fsp3) is 0.643. The van der Waals surface area contributed by atoms with Crippen molar-refractivity contribution >= 4 is 11.4 Å². The third-order valence-electron chi connectivity index (χ3n) is 2.73. The Morgan fingerprint density at radius 2 is 1.95 bits per heavy atom. The minimum atomic E-state index is -4.24. The van der Waals surface area contributed by atoms with Crippen molar-refractivity contribution in [3.05, 3.63) is 23.9 Å². The number of ether oxygens (including phenoxy) is 1. The second-order valence-electron chi connectivity index (χ2n) is 5.86. The molecule has 4 nitrogen and oxygen atoms in total. The molecule has 8 heteroatoms. The van der Waals surface area contributed by atoms with Gasteiger partial charge in [-0.15, -0.1) is 4.72 Å². The predicted molar refractivity (Wildman–Crippen MR) is 79.9 cm³/mol. The molecule has 1 rings (SSSR count). The van der Waals surface area contributed by atoms with Gasteiger partial charge in [0.2, 0.25) is 5.88 Å². The smallest absolute Gasteiger partial charge is 0.392 e. The predicted octanol–water partition coefficient (Wildman–Crippen LogP) is 3.53. The summed E-state index contributed by atoms with van der Waals surface area (Å²) in [4.78, 5) is 3.96. The molecule has 0 aromatic carbocycles. The van der Waals surface area contributed by atoms with Gasteiger partial charge in [-0.2, -0.15) is 13.2 Å². The van der Waals surface area contributed by atoms with Crippen molar-refractivity contribution in [3.63, 3.8) is 0 Å². The van der Waals surface area contributed by atoms with Gasteiger partial charge in [0.25, 0.3) is 0 Å². The van der Waals surface area contributed by atoms with Crippen LogP contribution in [0.4, 0.5) is 13.2 Å². The van der Waals surface area contributed by atoms with Crippen molar-refractivity contribution in [3.8, 4) is 5.88 Å². The van der Waals surface area contributed by atoms with Gasteiger partial charge in [0.15, 0.2) is 0 Å². The zero-order chi connectivity index (χ0) is 17.0. The number of rotatable bonds is 6. The molecule has 1 heterocycles. The zero-order valence-corrected chi connectivity index (χ0v) is 13.8. The highest BCUT2D eigenvalue weighted by Crippen LogP contribution is 2.22. The maximum atomic E-state index is 12.0. The van der Waals surface area contributed by atoms with Gasteiger partial charge in [0.1, 0.15) is 4.75 Å². The normalized spacial score (nSPS) is 15.5. The molecule has 0 amide bonds. The summed E-state index contributed by atoms with van der Waals surface area (Å²) in [6.07, 6.45) is -3.76. The number of pyridine rings is 1. The molecule has 1 N–H and O–H groups in total. The minimum absolute atomic E-state index is 0.136. The second kappa shape index (κ2) is 7.52. The molecular weight excluding hydrogens is 317 g/mol. The summed E-state index contributed by atoms with van der Waals surface area (Å²) >= 11 is -1.22. The van der Waals surface area contributed by atoms with Gasteiger partial charge in [-0.05, 0) is 33.3 Å². The summed E-state index contributed by atoms with van der Waals surface area (Å²) in [6, 6.07) is 2.99. The summed E-state index contributed by atoms with van der Waals surface area (Å²) in [5.74, 6) is 0.136. The summed E-state index contributed by atoms with van der Waals surface area (Å²) in [5.41, 5.74) is 0.778. The number of hydrogen-bond donors (Lipinski definition) is 1. The van der Waals surface area contributed by atoms with Crippen LogP contribution in [-0.4, -0.2) is 27.1 Å². The van der Waals surface area contributed by atoms with Crippen LogP contribution in [0.1, 0.15) is 45.7 Å².